The summed E-state index contributed by atoms with van der Waals surface area (Å²) >= 11 is 0. The highest BCUT2D eigenvalue weighted by atomic mass is 16.5. The predicted octanol–water partition coefficient (Wildman–Crippen LogP) is 0.281. The van der Waals surface area contributed by atoms with Crippen molar-refractivity contribution in [3.05, 3.63) is 0 Å². The van der Waals surface area contributed by atoms with Crippen LogP contribution < -0.4 is 5.32 Å². The number of carbonyl (C=O) groups is 2. The molecule has 6 nitrogen and oxygen atoms in total. The Hall–Kier alpha value is -1.30. The van der Waals surface area contributed by atoms with Crippen LogP contribution in [-0.4, -0.2) is 54.4 Å². The number of ether oxygens (including phenoxy) is 1. The molecule has 1 heterocycles. The lowest BCUT2D eigenvalue weighted by atomic mass is 9.93. The van der Waals surface area contributed by atoms with Crippen molar-refractivity contribution < 1.29 is 19.4 Å². The number of likely N-dealkylation sites (N-methyl/N-ethyl adjacent to an activating group) is 1. The zero-order chi connectivity index (χ0) is 12.2. The molecule has 0 aromatic rings. The number of carboxylic acids is 1. The molecule has 1 rings (SSSR count). The maximum absolute atomic E-state index is 11.7. The molecule has 0 saturated carbocycles. The monoisotopic (exact) mass is 230 g/mol. The first-order valence-electron chi connectivity index (χ1n) is 5.26. The average molecular weight is 230 g/mol. The molecule has 0 aromatic heterocycles. The van der Waals surface area contributed by atoms with E-state index in [-0.39, 0.29) is 18.1 Å². The van der Waals surface area contributed by atoms with Gasteiger partial charge in [0.05, 0.1) is 0 Å². The SMILES string of the molecule is CN(CC(=O)O)C(=O)NC1(C)CCOCC1. The first-order chi connectivity index (χ1) is 7.43. The molecule has 2 amide bonds. The fourth-order valence-electron chi connectivity index (χ4n) is 1.58. The van der Waals surface area contributed by atoms with E-state index >= 15 is 0 Å². The Kier molecular flexibility index (Phi) is 4.12. The van der Waals surface area contributed by atoms with Gasteiger partial charge in [-0.1, -0.05) is 0 Å². The van der Waals surface area contributed by atoms with E-state index in [9.17, 15) is 9.59 Å². The lowest BCUT2D eigenvalue weighted by Gasteiger charge is -2.35. The Morgan fingerprint density at radius 2 is 2.00 bits per heavy atom. The van der Waals surface area contributed by atoms with Crippen LogP contribution in [0.5, 0.6) is 0 Å². The molecular formula is C10H18N2O4. The largest absolute Gasteiger partial charge is 0.480 e. The minimum absolute atomic E-state index is 0.290. The van der Waals surface area contributed by atoms with E-state index in [4.69, 9.17) is 9.84 Å². The standard InChI is InChI=1S/C10H18N2O4/c1-10(3-5-16-6-4-10)11-9(15)12(2)7-8(13)14/h3-7H2,1-2H3,(H,11,15)(H,13,14). The van der Waals surface area contributed by atoms with Crippen molar-refractivity contribution in [1.29, 1.82) is 0 Å². The molecule has 0 atom stereocenters. The number of carbonyl (C=O) groups excluding carboxylic acids is 1. The number of hydrogen-bond donors (Lipinski definition) is 2. The number of nitrogens with zero attached hydrogens (tertiary/aromatic N) is 1. The van der Waals surface area contributed by atoms with E-state index in [1.807, 2.05) is 6.92 Å². The molecule has 0 aromatic carbocycles. The molecule has 1 aliphatic rings. The number of urea groups is 1. The molecule has 6 heteroatoms. The molecule has 0 aliphatic carbocycles. The smallest absolute Gasteiger partial charge is 0.323 e. The van der Waals surface area contributed by atoms with E-state index in [2.05, 4.69) is 5.32 Å². The summed E-state index contributed by atoms with van der Waals surface area (Å²) in [5, 5.41) is 11.4. The van der Waals surface area contributed by atoms with E-state index in [1.54, 1.807) is 0 Å². The highest BCUT2D eigenvalue weighted by Crippen LogP contribution is 2.19. The van der Waals surface area contributed by atoms with Crippen molar-refractivity contribution in [2.75, 3.05) is 26.8 Å². The van der Waals surface area contributed by atoms with Crippen LogP contribution in [0.25, 0.3) is 0 Å². The maximum Gasteiger partial charge on any atom is 0.323 e. The van der Waals surface area contributed by atoms with Crippen LogP contribution in [0.4, 0.5) is 4.79 Å². The highest BCUT2D eigenvalue weighted by molar-refractivity contribution is 5.80. The van der Waals surface area contributed by atoms with Crippen LogP contribution in [-0.2, 0) is 9.53 Å². The molecule has 92 valence electrons. The Labute approximate surface area is 94.6 Å². The molecule has 0 unspecified atom stereocenters. The molecule has 0 bridgehead atoms. The van der Waals surface area contributed by atoms with Crippen LogP contribution in [0.3, 0.4) is 0 Å². The zero-order valence-electron chi connectivity index (χ0n) is 9.65. The minimum atomic E-state index is -1.02. The third-order valence-corrected chi connectivity index (χ3v) is 2.72. The van der Waals surface area contributed by atoms with Crippen LogP contribution in [0.2, 0.25) is 0 Å². The van der Waals surface area contributed by atoms with Crippen molar-refractivity contribution in [1.82, 2.24) is 10.2 Å². The van der Waals surface area contributed by atoms with Gasteiger partial charge in [0.2, 0.25) is 0 Å². The lowest BCUT2D eigenvalue weighted by Crippen LogP contribution is -2.53. The highest BCUT2D eigenvalue weighted by Gasteiger charge is 2.30. The fourth-order valence-corrected chi connectivity index (χ4v) is 1.58. The predicted molar refractivity (Wildman–Crippen MR) is 57.3 cm³/mol. The summed E-state index contributed by atoms with van der Waals surface area (Å²) in [5.41, 5.74) is -0.290. The molecule has 0 spiro atoms. The number of rotatable bonds is 3. The van der Waals surface area contributed by atoms with Crippen LogP contribution in [0, 0.1) is 0 Å². The summed E-state index contributed by atoms with van der Waals surface area (Å²) in [4.78, 5) is 23.3. The van der Waals surface area contributed by atoms with Crippen LogP contribution in [0.1, 0.15) is 19.8 Å². The second-order valence-electron chi connectivity index (χ2n) is 4.35. The van der Waals surface area contributed by atoms with Crippen molar-refractivity contribution in [2.45, 2.75) is 25.3 Å². The number of amides is 2. The lowest BCUT2D eigenvalue weighted by molar-refractivity contribution is -0.137. The van der Waals surface area contributed by atoms with Gasteiger partial charge in [0.25, 0.3) is 0 Å². The van der Waals surface area contributed by atoms with Gasteiger partial charge in [-0.3, -0.25) is 4.79 Å². The molecule has 1 aliphatic heterocycles. The second-order valence-corrected chi connectivity index (χ2v) is 4.35. The molecule has 2 N–H and O–H groups in total. The van der Waals surface area contributed by atoms with Gasteiger partial charge in [0.15, 0.2) is 0 Å². The van der Waals surface area contributed by atoms with Gasteiger partial charge >= 0.3 is 12.0 Å². The quantitative estimate of drug-likeness (QED) is 0.730. The van der Waals surface area contributed by atoms with Crippen molar-refractivity contribution >= 4 is 12.0 Å². The topological polar surface area (TPSA) is 78.9 Å². The minimum Gasteiger partial charge on any atom is -0.480 e. The van der Waals surface area contributed by atoms with Gasteiger partial charge in [-0.2, -0.15) is 0 Å². The molecule has 1 fully saturated rings. The molecular weight excluding hydrogens is 212 g/mol. The Balaban J connectivity index is 2.45. The van der Waals surface area contributed by atoms with Crippen molar-refractivity contribution in [3.8, 4) is 0 Å². The Morgan fingerprint density at radius 3 is 2.50 bits per heavy atom. The van der Waals surface area contributed by atoms with Crippen LogP contribution in [0.15, 0.2) is 0 Å². The first kappa shape index (κ1) is 12.8. The third-order valence-electron chi connectivity index (χ3n) is 2.72. The van der Waals surface area contributed by atoms with E-state index in [0.717, 1.165) is 17.7 Å². The van der Waals surface area contributed by atoms with Gasteiger partial charge in [0, 0.05) is 25.8 Å². The van der Waals surface area contributed by atoms with Gasteiger partial charge < -0.3 is 20.1 Å². The van der Waals surface area contributed by atoms with E-state index in [0.29, 0.717) is 13.2 Å². The summed E-state index contributed by atoms with van der Waals surface area (Å²) in [7, 11) is 1.46. The summed E-state index contributed by atoms with van der Waals surface area (Å²) < 4.78 is 5.21. The summed E-state index contributed by atoms with van der Waals surface area (Å²) in [6, 6.07) is -0.355. The molecule has 1 saturated heterocycles. The van der Waals surface area contributed by atoms with Crippen LogP contribution >= 0.6 is 0 Å². The van der Waals surface area contributed by atoms with E-state index in [1.165, 1.54) is 7.05 Å². The Bertz CT molecular complexity index is 274. The summed E-state index contributed by atoms with van der Waals surface area (Å²) in [5.74, 6) is -1.02. The maximum atomic E-state index is 11.7. The van der Waals surface area contributed by atoms with Gasteiger partial charge in [-0.05, 0) is 19.8 Å². The zero-order valence-corrected chi connectivity index (χ0v) is 9.65. The second kappa shape index (κ2) is 5.16. The van der Waals surface area contributed by atoms with Gasteiger partial charge in [-0.15, -0.1) is 0 Å². The van der Waals surface area contributed by atoms with Gasteiger partial charge in [-0.25, -0.2) is 4.79 Å². The Morgan fingerprint density at radius 1 is 1.44 bits per heavy atom. The van der Waals surface area contributed by atoms with Crippen molar-refractivity contribution in [3.63, 3.8) is 0 Å². The number of carboxylic acid groups (broad SMARTS) is 1. The number of aliphatic carboxylic acids is 1. The normalized spacial score (nSPS) is 18.9. The van der Waals surface area contributed by atoms with Crippen molar-refractivity contribution in [2.24, 2.45) is 0 Å². The molecule has 16 heavy (non-hydrogen) atoms. The summed E-state index contributed by atoms with van der Waals surface area (Å²) in [6.07, 6.45) is 1.50. The number of nitrogens with one attached hydrogen (secondary N) is 1. The van der Waals surface area contributed by atoms with Gasteiger partial charge in [0.1, 0.15) is 6.54 Å². The molecule has 0 radical (unpaired) electrons. The fraction of sp³-hybridized carbons (Fsp3) is 0.800. The average Bonchev–Trinajstić information content (AvgIpc) is 2.16. The first-order valence-corrected chi connectivity index (χ1v) is 5.26. The van der Waals surface area contributed by atoms with E-state index < -0.39 is 5.97 Å². The summed E-state index contributed by atoms with van der Waals surface area (Å²) in [6.45, 7) is 2.90. The number of hydrogen-bond acceptors (Lipinski definition) is 3. The third kappa shape index (κ3) is 3.69.